The normalized spacial score (nSPS) is 9.93. The summed E-state index contributed by atoms with van der Waals surface area (Å²) in [5.74, 6) is 0.131. The van der Waals surface area contributed by atoms with Crippen LogP contribution in [0.15, 0.2) is 29.1 Å². The van der Waals surface area contributed by atoms with Crippen molar-refractivity contribution >= 4 is 34.7 Å². The van der Waals surface area contributed by atoms with Crippen LogP contribution in [-0.4, -0.2) is 15.9 Å². The zero-order valence-corrected chi connectivity index (χ0v) is 9.05. The second kappa shape index (κ2) is 4.37. The lowest BCUT2D eigenvalue weighted by Crippen LogP contribution is -2.13. The Hall–Kier alpha value is -1.46. The number of thiazole rings is 1. The summed E-state index contributed by atoms with van der Waals surface area (Å²) in [4.78, 5) is 19.3. The first-order valence-electron chi connectivity index (χ1n) is 4.08. The van der Waals surface area contributed by atoms with Crippen LogP contribution in [0.1, 0.15) is 10.5 Å². The van der Waals surface area contributed by atoms with Crippen molar-refractivity contribution in [1.29, 1.82) is 0 Å². The Balaban J connectivity index is 2.13. The van der Waals surface area contributed by atoms with E-state index in [1.807, 2.05) is 0 Å². The summed E-state index contributed by atoms with van der Waals surface area (Å²) in [5, 5.41) is 4.60. The van der Waals surface area contributed by atoms with Gasteiger partial charge in [0.15, 0.2) is 0 Å². The number of rotatable bonds is 2. The molecular formula is C9H6ClN3OS. The predicted octanol–water partition coefficient (Wildman–Crippen LogP) is 2.44. The van der Waals surface area contributed by atoms with E-state index < -0.39 is 0 Å². The lowest BCUT2D eigenvalue weighted by Gasteiger charge is -2.01. The van der Waals surface area contributed by atoms with Crippen LogP contribution in [0.2, 0.25) is 5.15 Å². The average Bonchev–Trinajstić information content (AvgIpc) is 2.70. The number of anilines is 1. The number of pyridine rings is 1. The molecule has 2 rings (SSSR count). The third-order valence-electron chi connectivity index (χ3n) is 1.62. The minimum atomic E-state index is -0.286. The fourth-order valence-corrected chi connectivity index (χ4v) is 1.68. The van der Waals surface area contributed by atoms with Gasteiger partial charge in [0, 0.05) is 5.38 Å². The number of hydrogen-bond acceptors (Lipinski definition) is 4. The third kappa shape index (κ3) is 2.51. The summed E-state index contributed by atoms with van der Waals surface area (Å²) in [6.45, 7) is 0. The molecule has 2 heterocycles. The SMILES string of the molecule is O=C(Nc1cccc(Cl)n1)c1cscn1. The molecule has 0 bridgehead atoms. The minimum absolute atomic E-state index is 0.286. The Morgan fingerprint density at radius 3 is 3.00 bits per heavy atom. The fourth-order valence-electron chi connectivity index (χ4n) is 0.983. The summed E-state index contributed by atoms with van der Waals surface area (Å²) in [6, 6.07) is 5.02. The van der Waals surface area contributed by atoms with Gasteiger partial charge < -0.3 is 5.32 Å². The highest BCUT2D eigenvalue weighted by molar-refractivity contribution is 7.07. The van der Waals surface area contributed by atoms with Gasteiger partial charge in [-0.05, 0) is 12.1 Å². The van der Waals surface area contributed by atoms with Gasteiger partial charge in [-0.15, -0.1) is 11.3 Å². The van der Waals surface area contributed by atoms with E-state index in [1.165, 1.54) is 11.3 Å². The van der Waals surface area contributed by atoms with Crippen molar-refractivity contribution in [2.45, 2.75) is 0 Å². The van der Waals surface area contributed by atoms with E-state index in [-0.39, 0.29) is 5.91 Å². The summed E-state index contributed by atoms with van der Waals surface area (Å²) in [7, 11) is 0. The van der Waals surface area contributed by atoms with Crippen LogP contribution >= 0.6 is 22.9 Å². The first-order chi connectivity index (χ1) is 7.25. The van der Waals surface area contributed by atoms with Crippen LogP contribution in [0.5, 0.6) is 0 Å². The Morgan fingerprint density at radius 2 is 2.33 bits per heavy atom. The van der Waals surface area contributed by atoms with E-state index in [2.05, 4.69) is 15.3 Å². The maximum absolute atomic E-state index is 11.5. The molecule has 0 aliphatic carbocycles. The van der Waals surface area contributed by atoms with E-state index in [4.69, 9.17) is 11.6 Å². The standard InChI is InChI=1S/C9H6ClN3OS/c10-7-2-1-3-8(12-7)13-9(14)6-4-15-5-11-6/h1-5H,(H,12,13,14). The van der Waals surface area contributed by atoms with Crippen molar-refractivity contribution in [3.63, 3.8) is 0 Å². The van der Waals surface area contributed by atoms with Crippen molar-refractivity contribution in [2.24, 2.45) is 0 Å². The molecule has 0 radical (unpaired) electrons. The number of nitrogens with one attached hydrogen (secondary N) is 1. The molecule has 0 aliphatic rings. The molecule has 76 valence electrons. The van der Waals surface area contributed by atoms with Gasteiger partial charge in [0.1, 0.15) is 16.7 Å². The molecule has 2 aromatic rings. The van der Waals surface area contributed by atoms with Gasteiger partial charge >= 0.3 is 0 Å². The zero-order chi connectivity index (χ0) is 10.7. The molecule has 1 N–H and O–H groups in total. The number of hydrogen-bond donors (Lipinski definition) is 1. The predicted molar refractivity (Wildman–Crippen MR) is 59.3 cm³/mol. The number of amides is 1. The van der Waals surface area contributed by atoms with Crippen LogP contribution in [-0.2, 0) is 0 Å². The molecule has 4 nitrogen and oxygen atoms in total. The Bertz CT molecular complexity index is 472. The molecule has 0 spiro atoms. The molecule has 15 heavy (non-hydrogen) atoms. The van der Waals surface area contributed by atoms with Gasteiger partial charge in [-0.2, -0.15) is 0 Å². The molecule has 0 saturated heterocycles. The second-order valence-corrected chi connectivity index (χ2v) is 3.78. The highest BCUT2D eigenvalue weighted by Gasteiger charge is 2.08. The van der Waals surface area contributed by atoms with E-state index >= 15 is 0 Å². The summed E-state index contributed by atoms with van der Waals surface area (Å²) >= 11 is 7.04. The number of aromatic nitrogens is 2. The Kier molecular flexibility index (Phi) is 2.94. The largest absolute Gasteiger partial charge is 0.305 e. The molecule has 0 aliphatic heterocycles. The summed E-state index contributed by atoms with van der Waals surface area (Å²) in [6.07, 6.45) is 0. The molecule has 6 heteroatoms. The van der Waals surface area contributed by atoms with Crippen molar-refractivity contribution < 1.29 is 4.79 Å². The highest BCUT2D eigenvalue weighted by Crippen LogP contribution is 2.10. The highest BCUT2D eigenvalue weighted by atomic mass is 35.5. The van der Waals surface area contributed by atoms with Gasteiger partial charge in [-0.25, -0.2) is 9.97 Å². The molecule has 1 amide bonds. The number of nitrogens with zero attached hydrogens (tertiary/aromatic N) is 2. The Morgan fingerprint density at radius 1 is 1.47 bits per heavy atom. The maximum atomic E-state index is 11.5. The van der Waals surface area contributed by atoms with Crippen LogP contribution in [0.3, 0.4) is 0 Å². The first-order valence-corrected chi connectivity index (χ1v) is 5.40. The molecule has 0 saturated carbocycles. The number of carbonyl (C=O) groups is 1. The van der Waals surface area contributed by atoms with Gasteiger partial charge in [0.05, 0.1) is 5.51 Å². The number of halogens is 1. The monoisotopic (exact) mass is 239 g/mol. The first kappa shape index (κ1) is 10.1. The average molecular weight is 240 g/mol. The lowest BCUT2D eigenvalue weighted by molar-refractivity contribution is 0.102. The summed E-state index contributed by atoms with van der Waals surface area (Å²) < 4.78 is 0. The molecule has 2 aromatic heterocycles. The Labute approximate surface area is 94.9 Å². The smallest absolute Gasteiger partial charge is 0.276 e. The topological polar surface area (TPSA) is 54.9 Å². The van der Waals surface area contributed by atoms with Crippen LogP contribution in [0.25, 0.3) is 0 Å². The quantitative estimate of drug-likeness (QED) is 0.819. The molecule has 0 unspecified atom stereocenters. The van der Waals surface area contributed by atoms with Crippen LogP contribution in [0, 0.1) is 0 Å². The molecule has 0 fully saturated rings. The summed E-state index contributed by atoms with van der Waals surface area (Å²) in [5.41, 5.74) is 1.97. The minimum Gasteiger partial charge on any atom is -0.305 e. The van der Waals surface area contributed by atoms with Crippen molar-refractivity contribution in [2.75, 3.05) is 5.32 Å². The fraction of sp³-hybridized carbons (Fsp3) is 0. The number of carbonyl (C=O) groups excluding carboxylic acids is 1. The zero-order valence-electron chi connectivity index (χ0n) is 7.48. The van der Waals surface area contributed by atoms with Crippen molar-refractivity contribution in [3.05, 3.63) is 39.9 Å². The van der Waals surface area contributed by atoms with E-state index in [0.29, 0.717) is 16.7 Å². The second-order valence-electron chi connectivity index (χ2n) is 2.67. The van der Waals surface area contributed by atoms with Gasteiger partial charge in [0.25, 0.3) is 5.91 Å². The van der Waals surface area contributed by atoms with Crippen molar-refractivity contribution in [1.82, 2.24) is 9.97 Å². The van der Waals surface area contributed by atoms with Gasteiger partial charge in [-0.1, -0.05) is 17.7 Å². The van der Waals surface area contributed by atoms with Crippen LogP contribution < -0.4 is 5.32 Å². The van der Waals surface area contributed by atoms with Gasteiger partial charge in [-0.3, -0.25) is 4.79 Å². The molecule has 0 atom stereocenters. The molecular weight excluding hydrogens is 234 g/mol. The maximum Gasteiger partial charge on any atom is 0.276 e. The lowest BCUT2D eigenvalue weighted by atomic mass is 10.4. The van der Waals surface area contributed by atoms with E-state index in [0.717, 1.165) is 0 Å². The van der Waals surface area contributed by atoms with Crippen LogP contribution in [0.4, 0.5) is 5.82 Å². The van der Waals surface area contributed by atoms with E-state index in [1.54, 1.807) is 29.1 Å². The van der Waals surface area contributed by atoms with Gasteiger partial charge in [0.2, 0.25) is 0 Å². The van der Waals surface area contributed by atoms with E-state index in [9.17, 15) is 4.79 Å². The molecule has 0 aromatic carbocycles. The van der Waals surface area contributed by atoms with Crippen molar-refractivity contribution in [3.8, 4) is 0 Å². The third-order valence-corrected chi connectivity index (χ3v) is 2.42.